The van der Waals surface area contributed by atoms with Gasteiger partial charge in [-0.05, 0) is 55.3 Å². The predicted molar refractivity (Wildman–Crippen MR) is 102 cm³/mol. The van der Waals surface area contributed by atoms with Gasteiger partial charge in [-0.1, -0.05) is 23.2 Å². The fourth-order valence-electron chi connectivity index (χ4n) is 2.68. The number of rotatable bonds is 3. The summed E-state index contributed by atoms with van der Waals surface area (Å²) >= 11 is 11.8. The van der Waals surface area contributed by atoms with Gasteiger partial charge in [-0.3, -0.25) is 9.59 Å². The van der Waals surface area contributed by atoms with Crippen molar-refractivity contribution < 1.29 is 9.59 Å². The molecule has 0 aromatic heterocycles. The summed E-state index contributed by atoms with van der Waals surface area (Å²) in [6, 6.07) is 8.01. The maximum atomic E-state index is 12.3. The van der Waals surface area contributed by atoms with Crippen molar-refractivity contribution >= 4 is 52.1 Å². The molecule has 1 aliphatic heterocycles. The van der Waals surface area contributed by atoms with E-state index >= 15 is 0 Å². The molecule has 0 aliphatic carbocycles. The number of halogens is 2. The van der Waals surface area contributed by atoms with Crippen LogP contribution in [0.1, 0.15) is 17.5 Å². The van der Waals surface area contributed by atoms with Crippen LogP contribution in [0.25, 0.3) is 0 Å². The first-order chi connectivity index (χ1) is 11.8. The van der Waals surface area contributed by atoms with E-state index in [0.717, 1.165) is 22.5 Å². The number of hydrogen-bond donors (Lipinski definition) is 3. The van der Waals surface area contributed by atoms with Crippen molar-refractivity contribution in [3.05, 3.63) is 51.5 Å². The summed E-state index contributed by atoms with van der Waals surface area (Å²) in [5.41, 5.74) is 4.23. The van der Waals surface area contributed by atoms with Gasteiger partial charge in [-0.2, -0.15) is 0 Å². The number of benzene rings is 2. The van der Waals surface area contributed by atoms with Crippen molar-refractivity contribution in [2.45, 2.75) is 26.3 Å². The Morgan fingerprint density at radius 3 is 2.28 bits per heavy atom. The summed E-state index contributed by atoms with van der Waals surface area (Å²) in [6.07, 6.45) is -0.0116. The van der Waals surface area contributed by atoms with Crippen LogP contribution in [0.3, 0.4) is 0 Å². The van der Waals surface area contributed by atoms with Crippen molar-refractivity contribution in [2.75, 3.05) is 16.0 Å². The van der Waals surface area contributed by atoms with E-state index in [0.29, 0.717) is 15.7 Å². The van der Waals surface area contributed by atoms with Gasteiger partial charge in [0, 0.05) is 15.7 Å². The third-order valence-electron chi connectivity index (χ3n) is 4.07. The van der Waals surface area contributed by atoms with Gasteiger partial charge >= 0.3 is 0 Å². The molecule has 1 aliphatic rings. The van der Waals surface area contributed by atoms with E-state index < -0.39 is 6.04 Å². The van der Waals surface area contributed by atoms with Crippen molar-refractivity contribution in [2.24, 2.45) is 0 Å². The standard InChI is InChI=1S/C18H17Cl2N3O2/c1-9-3-14-15(4-10(9)2)23-18(25)16(22-14)8-17(24)21-13-6-11(19)5-12(20)7-13/h3-7,16,22H,8H2,1-2H3,(H,21,24)(H,23,25). The van der Waals surface area contributed by atoms with Crippen LogP contribution in [-0.4, -0.2) is 17.9 Å². The van der Waals surface area contributed by atoms with Crippen LogP contribution >= 0.6 is 23.2 Å². The molecule has 0 radical (unpaired) electrons. The van der Waals surface area contributed by atoms with Gasteiger partial charge in [0.1, 0.15) is 6.04 Å². The molecule has 1 heterocycles. The number of hydrogen-bond acceptors (Lipinski definition) is 3. The highest BCUT2D eigenvalue weighted by Crippen LogP contribution is 2.30. The van der Waals surface area contributed by atoms with Crippen molar-refractivity contribution in [1.29, 1.82) is 0 Å². The lowest BCUT2D eigenvalue weighted by molar-refractivity contribution is -0.122. The molecule has 0 fully saturated rings. The fraction of sp³-hybridized carbons (Fsp3) is 0.222. The topological polar surface area (TPSA) is 70.2 Å². The van der Waals surface area contributed by atoms with Crippen molar-refractivity contribution in [3.63, 3.8) is 0 Å². The number of aryl methyl sites for hydroxylation is 2. The molecule has 1 unspecified atom stereocenters. The average Bonchev–Trinajstić information content (AvgIpc) is 2.49. The third-order valence-corrected chi connectivity index (χ3v) is 4.51. The van der Waals surface area contributed by atoms with Crippen molar-refractivity contribution in [1.82, 2.24) is 0 Å². The maximum absolute atomic E-state index is 12.3. The van der Waals surface area contributed by atoms with Crippen LogP contribution in [0.4, 0.5) is 17.1 Å². The minimum atomic E-state index is -0.649. The molecular weight excluding hydrogens is 361 g/mol. The predicted octanol–water partition coefficient (Wildman–Crippen LogP) is 4.37. The molecule has 25 heavy (non-hydrogen) atoms. The Kier molecular flexibility index (Phi) is 4.88. The SMILES string of the molecule is Cc1cc2c(cc1C)NC(CC(=O)Nc1cc(Cl)cc(Cl)c1)C(=O)N2. The number of carbonyl (C=O) groups is 2. The van der Waals surface area contributed by atoms with Gasteiger partial charge in [-0.25, -0.2) is 0 Å². The van der Waals surface area contributed by atoms with Crippen LogP contribution in [0, 0.1) is 13.8 Å². The second kappa shape index (κ2) is 6.94. The Labute approximate surface area is 155 Å². The van der Waals surface area contributed by atoms with Gasteiger partial charge in [0.05, 0.1) is 17.8 Å². The maximum Gasteiger partial charge on any atom is 0.247 e. The molecule has 2 aromatic rings. The zero-order valence-electron chi connectivity index (χ0n) is 13.7. The summed E-state index contributed by atoms with van der Waals surface area (Å²) < 4.78 is 0. The first kappa shape index (κ1) is 17.6. The summed E-state index contributed by atoms with van der Waals surface area (Å²) in [5, 5.41) is 9.53. The lowest BCUT2D eigenvalue weighted by Crippen LogP contribution is -2.41. The van der Waals surface area contributed by atoms with Gasteiger partial charge in [0.25, 0.3) is 0 Å². The molecule has 2 amide bonds. The summed E-state index contributed by atoms with van der Waals surface area (Å²) in [7, 11) is 0. The molecule has 0 bridgehead atoms. The number of anilines is 3. The van der Waals surface area contributed by atoms with Crippen LogP contribution in [0.5, 0.6) is 0 Å². The lowest BCUT2D eigenvalue weighted by atomic mass is 10.0. The molecule has 2 aromatic carbocycles. The van der Waals surface area contributed by atoms with Crippen LogP contribution in [0.15, 0.2) is 30.3 Å². The lowest BCUT2D eigenvalue weighted by Gasteiger charge is -2.27. The summed E-state index contributed by atoms with van der Waals surface area (Å²) in [6.45, 7) is 3.98. The smallest absolute Gasteiger partial charge is 0.247 e. The highest BCUT2D eigenvalue weighted by Gasteiger charge is 2.28. The highest BCUT2D eigenvalue weighted by molar-refractivity contribution is 6.35. The van der Waals surface area contributed by atoms with Crippen LogP contribution < -0.4 is 16.0 Å². The Morgan fingerprint density at radius 2 is 1.64 bits per heavy atom. The molecule has 1 atom stereocenters. The van der Waals surface area contributed by atoms with Crippen LogP contribution in [0.2, 0.25) is 10.0 Å². The minimum Gasteiger partial charge on any atom is -0.372 e. The fourth-order valence-corrected chi connectivity index (χ4v) is 3.21. The monoisotopic (exact) mass is 377 g/mol. The van der Waals surface area contributed by atoms with Gasteiger partial charge in [0.2, 0.25) is 11.8 Å². The number of fused-ring (bicyclic) bond motifs is 1. The van der Waals surface area contributed by atoms with E-state index in [2.05, 4.69) is 16.0 Å². The van der Waals surface area contributed by atoms with Gasteiger partial charge in [0.15, 0.2) is 0 Å². The molecule has 0 saturated carbocycles. The molecular formula is C18H17Cl2N3O2. The average molecular weight is 378 g/mol. The molecule has 130 valence electrons. The van der Waals surface area contributed by atoms with Crippen molar-refractivity contribution in [3.8, 4) is 0 Å². The molecule has 5 nitrogen and oxygen atoms in total. The van der Waals surface area contributed by atoms with E-state index in [4.69, 9.17) is 23.2 Å². The second-order valence-electron chi connectivity index (χ2n) is 6.08. The Hall–Kier alpha value is -2.24. The normalized spacial score (nSPS) is 15.8. The zero-order valence-corrected chi connectivity index (χ0v) is 15.3. The third kappa shape index (κ3) is 4.06. The summed E-state index contributed by atoms with van der Waals surface area (Å²) in [5.74, 6) is -0.548. The van der Waals surface area contributed by atoms with Crippen LogP contribution in [-0.2, 0) is 9.59 Å². The molecule has 0 spiro atoms. The number of carbonyl (C=O) groups excluding carboxylic acids is 2. The number of amides is 2. The molecule has 0 saturated heterocycles. The van der Waals surface area contributed by atoms with E-state index in [1.165, 1.54) is 0 Å². The van der Waals surface area contributed by atoms with E-state index in [1.807, 2.05) is 26.0 Å². The Bertz CT molecular complexity index is 847. The zero-order chi connectivity index (χ0) is 18.1. The largest absolute Gasteiger partial charge is 0.372 e. The van der Waals surface area contributed by atoms with Gasteiger partial charge < -0.3 is 16.0 Å². The molecule has 3 rings (SSSR count). The summed E-state index contributed by atoms with van der Waals surface area (Å²) in [4.78, 5) is 24.5. The van der Waals surface area contributed by atoms with E-state index in [-0.39, 0.29) is 18.2 Å². The first-order valence-corrected chi connectivity index (χ1v) is 8.52. The number of nitrogens with one attached hydrogen (secondary N) is 3. The minimum absolute atomic E-state index is 0.0116. The molecule has 3 N–H and O–H groups in total. The van der Waals surface area contributed by atoms with E-state index in [9.17, 15) is 9.59 Å². The van der Waals surface area contributed by atoms with E-state index in [1.54, 1.807) is 18.2 Å². The highest BCUT2D eigenvalue weighted by atomic mass is 35.5. The quantitative estimate of drug-likeness (QED) is 0.743. The Morgan fingerprint density at radius 1 is 1.04 bits per heavy atom. The first-order valence-electron chi connectivity index (χ1n) is 7.76. The second-order valence-corrected chi connectivity index (χ2v) is 6.95. The van der Waals surface area contributed by atoms with Gasteiger partial charge in [-0.15, -0.1) is 0 Å². The molecule has 7 heteroatoms. The Balaban J connectivity index is 1.71.